The van der Waals surface area contributed by atoms with Gasteiger partial charge >= 0.3 is 0 Å². The van der Waals surface area contributed by atoms with Gasteiger partial charge in [-0.3, -0.25) is 4.79 Å². The quantitative estimate of drug-likeness (QED) is 0.635. The van der Waals surface area contributed by atoms with Gasteiger partial charge in [0.15, 0.2) is 0 Å². The van der Waals surface area contributed by atoms with Crippen LogP contribution in [0.3, 0.4) is 0 Å². The Morgan fingerprint density at radius 1 is 1.42 bits per heavy atom. The maximum Gasteiger partial charge on any atom is 0.148 e. The molecule has 0 aromatic rings. The van der Waals surface area contributed by atoms with Crippen LogP contribution in [0.15, 0.2) is 24.3 Å². The van der Waals surface area contributed by atoms with Crippen molar-refractivity contribution in [3.05, 3.63) is 24.3 Å². The van der Waals surface area contributed by atoms with Crippen molar-refractivity contribution in [3.8, 4) is 0 Å². The molecule has 0 aromatic heterocycles. The largest absolute Gasteiger partial charge is 0.383 e. The lowest BCUT2D eigenvalue weighted by Crippen LogP contribution is -2.30. The molecule has 0 unspecified atom stereocenters. The van der Waals surface area contributed by atoms with Gasteiger partial charge in [0, 0.05) is 13.5 Å². The van der Waals surface area contributed by atoms with Crippen LogP contribution in [0.1, 0.15) is 13.3 Å². The SMILES string of the molecule is CCC(=O)C1(COC)C=CC=C1. The number of hydrogen-bond acceptors (Lipinski definition) is 2. The molecule has 0 N–H and O–H groups in total. The predicted molar refractivity (Wildman–Crippen MR) is 47.9 cm³/mol. The van der Waals surface area contributed by atoms with Gasteiger partial charge in [0.05, 0.1) is 12.0 Å². The molecule has 12 heavy (non-hydrogen) atoms. The number of rotatable bonds is 4. The summed E-state index contributed by atoms with van der Waals surface area (Å²) in [5.41, 5.74) is -0.469. The van der Waals surface area contributed by atoms with Gasteiger partial charge in [-0.2, -0.15) is 0 Å². The van der Waals surface area contributed by atoms with Crippen LogP contribution in [-0.4, -0.2) is 19.5 Å². The Kier molecular flexibility index (Phi) is 2.82. The Morgan fingerprint density at radius 2 is 2.00 bits per heavy atom. The van der Waals surface area contributed by atoms with Crippen molar-refractivity contribution in [3.63, 3.8) is 0 Å². The van der Waals surface area contributed by atoms with E-state index in [1.807, 2.05) is 31.2 Å². The fourth-order valence-electron chi connectivity index (χ4n) is 1.44. The Hall–Kier alpha value is -0.890. The summed E-state index contributed by atoms with van der Waals surface area (Å²) in [6.07, 6.45) is 8.15. The van der Waals surface area contributed by atoms with Crippen LogP contribution < -0.4 is 0 Å². The minimum absolute atomic E-state index is 0.217. The van der Waals surface area contributed by atoms with Crippen molar-refractivity contribution in [2.75, 3.05) is 13.7 Å². The Labute approximate surface area is 72.9 Å². The Morgan fingerprint density at radius 3 is 2.42 bits per heavy atom. The number of methoxy groups -OCH3 is 1. The fraction of sp³-hybridized carbons (Fsp3) is 0.500. The molecular weight excluding hydrogens is 152 g/mol. The van der Waals surface area contributed by atoms with Gasteiger partial charge in [0.1, 0.15) is 5.78 Å². The lowest BCUT2D eigenvalue weighted by atomic mass is 9.85. The predicted octanol–water partition coefficient (Wildman–Crippen LogP) is 1.72. The van der Waals surface area contributed by atoms with E-state index in [9.17, 15) is 4.79 Å². The lowest BCUT2D eigenvalue weighted by Gasteiger charge is -2.21. The van der Waals surface area contributed by atoms with E-state index in [1.54, 1.807) is 7.11 Å². The van der Waals surface area contributed by atoms with E-state index < -0.39 is 5.41 Å². The Balaban J connectivity index is 2.80. The number of carbonyl (C=O) groups excluding carboxylic acids is 1. The van der Waals surface area contributed by atoms with Crippen molar-refractivity contribution in [2.24, 2.45) is 5.41 Å². The smallest absolute Gasteiger partial charge is 0.148 e. The monoisotopic (exact) mass is 166 g/mol. The summed E-state index contributed by atoms with van der Waals surface area (Å²) < 4.78 is 5.03. The number of ketones is 1. The van der Waals surface area contributed by atoms with Crippen molar-refractivity contribution in [1.29, 1.82) is 0 Å². The zero-order chi connectivity index (χ0) is 9.03. The fourth-order valence-corrected chi connectivity index (χ4v) is 1.44. The molecule has 0 atom stereocenters. The average Bonchev–Trinajstić information content (AvgIpc) is 2.53. The minimum atomic E-state index is -0.469. The molecule has 1 aliphatic rings. The molecule has 1 aliphatic carbocycles. The van der Waals surface area contributed by atoms with E-state index in [-0.39, 0.29) is 5.78 Å². The van der Waals surface area contributed by atoms with Crippen LogP contribution in [0.25, 0.3) is 0 Å². The first kappa shape index (κ1) is 9.20. The van der Waals surface area contributed by atoms with Gasteiger partial charge in [0.2, 0.25) is 0 Å². The summed E-state index contributed by atoms with van der Waals surface area (Å²) in [6.45, 7) is 2.33. The van der Waals surface area contributed by atoms with Gasteiger partial charge in [-0.15, -0.1) is 0 Å². The molecule has 0 aromatic carbocycles. The zero-order valence-corrected chi connectivity index (χ0v) is 7.54. The summed E-state index contributed by atoms with van der Waals surface area (Å²) >= 11 is 0. The maximum absolute atomic E-state index is 11.5. The van der Waals surface area contributed by atoms with Gasteiger partial charge in [-0.1, -0.05) is 31.2 Å². The van der Waals surface area contributed by atoms with Gasteiger partial charge in [-0.25, -0.2) is 0 Å². The molecule has 1 rings (SSSR count). The second-order valence-electron chi connectivity index (χ2n) is 2.97. The number of Topliss-reactive ketones (excluding diaryl/α,β-unsaturated/α-hetero) is 1. The lowest BCUT2D eigenvalue weighted by molar-refractivity contribution is -0.125. The van der Waals surface area contributed by atoms with Crippen LogP contribution in [0.4, 0.5) is 0 Å². The number of ether oxygens (including phenoxy) is 1. The highest BCUT2D eigenvalue weighted by Crippen LogP contribution is 2.28. The van der Waals surface area contributed by atoms with Crippen molar-refractivity contribution in [2.45, 2.75) is 13.3 Å². The van der Waals surface area contributed by atoms with Crippen LogP contribution in [0.5, 0.6) is 0 Å². The summed E-state index contributed by atoms with van der Waals surface area (Å²) in [4.78, 5) is 11.5. The average molecular weight is 166 g/mol. The first-order valence-electron chi connectivity index (χ1n) is 4.14. The highest BCUT2D eigenvalue weighted by Gasteiger charge is 2.32. The summed E-state index contributed by atoms with van der Waals surface area (Å²) in [6, 6.07) is 0. The maximum atomic E-state index is 11.5. The van der Waals surface area contributed by atoms with E-state index in [0.717, 1.165) is 0 Å². The number of allylic oxidation sites excluding steroid dienone is 2. The molecule has 0 amide bonds. The first-order chi connectivity index (χ1) is 5.75. The van der Waals surface area contributed by atoms with Gasteiger partial charge < -0.3 is 4.74 Å². The van der Waals surface area contributed by atoms with E-state index in [4.69, 9.17) is 4.74 Å². The highest BCUT2D eigenvalue weighted by molar-refractivity contribution is 5.89. The molecule has 0 heterocycles. The van der Waals surface area contributed by atoms with Gasteiger partial charge in [0.25, 0.3) is 0 Å². The highest BCUT2D eigenvalue weighted by atomic mass is 16.5. The number of carbonyl (C=O) groups is 1. The first-order valence-corrected chi connectivity index (χ1v) is 4.14. The normalized spacial score (nSPS) is 18.5. The van der Waals surface area contributed by atoms with Crippen molar-refractivity contribution >= 4 is 5.78 Å². The van der Waals surface area contributed by atoms with E-state index in [1.165, 1.54) is 0 Å². The molecule has 0 saturated carbocycles. The third-order valence-corrected chi connectivity index (χ3v) is 2.12. The molecule has 2 heteroatoms. The summed E-state index contributed by atoms with van der Waals surface area (Å²) in [5, 5.41) is 0. The van der Waals surface area contributed by atoms with E-state index in [0.29, 0.717) is 13.0 Å². The third-order valence-electron chi connectivity index (χ3n) is 2.12. The van der Waals surface area contributed by atoms with E-state index in [2.05, 4.69) is 0 Å². The van der Waals surface area contributed by atoms with Crippen LogP contribution in [0.2, 0.25) is 0 Å². The molecule has 0 bridgehead atoms. The molecule has 0 spiro atoms. The van der Waals surface area contributed by atoms with Crippen LogP contribution in [0, 0.1) is 5.41 Å². The second-order valence-corrected chi connectivity index (χ2v) is 2.97. The zero-order valence-electron chi connectivity index (χ0n) is 7.54. The molecule has 66 valence electrons. The third kappa shape index (κ3) is 1.48. The molecule has 2 nitrogen and oxygen atoms in total. The molecule has 0 saturated heterocycles. The van der Waals surface area contributed by atoms with Crippen molar-refractivity contribution in [1.82, 2.24) is 0 Å². The van der Waals surface area contributed by atoms with Crippen LogP contribution >= 0.6 is 0 Å². The molecule has 0 fully saturated rings. The second kappa shape index (κ2) is 3.68. The molecular formula is C10H14O2. The minimum Gasteiger partial charge on any atom is -0.383 e. The van der Waals surface area contributed by atoms with Crippen molar-refractivity contribution < 1.29 is 9.53 Å². The van der Waals surface area contributed by atoms with Gasteiger partial charge in [-0.05, 0) is 0 Å². The topological polar surface area (TPSA) is 26.3 Å². The number of hydrogen-bond donors (Lipinski definition) is 0. The molecule has 0 aliphatic heterocycles. The standard InChI is InChI=1S/C10H14O2/c1-3-9(11)10(8-12-2)6-4-5-7-10/h4-7H,3,8H2,1-2H3. The Bertz CT molecular complexity index is 214. The summed E-state index contributed by atoms with van der Waals surface area (Å²) in [5.74, 6) is 0.217. The summed E-state index contributed by atoms with van der Waals surface area (Å²) in [7, 11) is 1.62. The van der Waals surface area contributed by atoms with Crippen LogP contribution in [-0.2, 0) is 9.53 Å². The molecule has 0 radical (unpaired) electrons. The van der Waals surface area contributed by atoms with E-state index >= 15 is 0 Å².